The predicted molar refractivity (Wildman–Crippen MR) is 193 cm³/mol. The van der Waals surface area contributed by atoms with Crippen molar-refractivity contribution < 1.29 is 5.11 Å². The summed E-state index contributed by atoms with van der Waals surface area (Å²) >= 11 is 0. The van der Waals surface area contributed by atoms with Gasteiger partial charge in [-0.1, -0.05) is 146 Å². The Labute approximate surface area is 286 Å². The molecule has 0 fully saturated rings. The maximum absolute atomic E-state index is 9.83. The van der Waals surface area contributed by atoms with Crippen LogP contribution in [0.5, 0.6) is 0 Å². The molecule has 0 aliphatic rings. The van der Waals surface area contributed by atoms with Crippen LogP contribution in [0.3, 0.4) is 0 Å². The summed E-state index contributed by atoms with van der Waals surface area (Å²) in [5, 5.41) is 27.0. The third-order valence-electron chi connectivity index (χ3n) is 8.81. The Morgan fingerprint density at radius 2 is 1.27 bits per heavy atom. The molecule has 0 radical (unpaired) electrons. The average molecular weight is 644 g/mol. The summed E-state index contributed by atoms with van der Waals surface area (Å²) in [5.41, 5.74) is 7.03. The minimum Gasteiger partial charge on any atom is -0.391 e. The number of nitrogens with one attached hydrogen (secondary N) is 1. The van der Waals surface area contributed by atoms with Crippen LogP contribution in [0.1, 0.15) is 47.0 Å². The van der Waals surface area contributed by atoms with E-state index >= 15 is 0 Å². The summed E-state index contributed by atoms with van der Waals surface area (Å²) in [6, 6.07) is 48.0. The zero-order valence-corrected chi connectivity index (χ0v) is 27.3. The SMILES string of the molecule is CCCc1ncc(CO)c(NCc2ccc(-c3ccccc3-c3nnnn3C(c3ccccc3)(c3ccccc3)c3ccccc3)cc2)n1. The highest BCUT2D eigenvalue weighted by Gasteiger charge is 2.42. The van der Waals surface area contributed by atoms with E-state index in [1.807, 2.05) is 35.0 Å². The molecule has 49 heavy (non-hydrogen) atoms. The van der Waals surface area contributed by atoms with Gasteiger partial charge < -0.3 is 10.4 Å². The van der Waals surface area contributed by atoms with Crippen molar-refractivity contribution in [3.05, 3.63) is 179 Å². The maximum Gasteiger partial charge on any atom is 0.184 e. The van der Waals surface area contributed by atoms with E-state index < -0.39 is 5.54 Å². The number of anilines is 1. The van der Waals surface area contributed by atoms with E-state index in [4.69, 9.17) is 10.3 Å². The van der Waals surface area contributed by atoms with E-state index in [2.05, 4.69) is 137 Å². The first kappa shape index (κ1) is 31.6. The Morgan fingerprint density at radius 1 is 0.694 bits per heavy atom. The number of aryl methyl sites for hydroxylation is 1. The van der Waals surface area contributed by atoms with Crippen LogP contribution in [0.25, 0.3) is 22.5 Å². The van der Waals surface area contributed by atoms with Crippen molar-refractivity contribution in [3.8, 4) is 22.5 Å². The van der Waals surface area contributed by atoms with Gasteiger partial charge in [-0.25, -0.2) is 14.6 Å². The third-order valence-corrected chi connectivity index (χ3v) is 8.81. The number of hydrogen-bond acceptors (Lipinski definition) is 7. The first-order chi connectivity index (χ1) is 24.2. The van der Waals surface area contributed by atoms with Crippen LogP contribution in [0.2, 0.25) is 0 Å². The minimum absolute atomic E-state index is 0.121. The number of aromatic nitrogens is 6. The van der Waals surface area contributed by atoms with Crippen molar-refractivity contribution in [1.29, 1.82) is 0 Å². The van der Waals surface area contributed by atoms with Crippen molar-refractivity contribution in [3.63, 3.8) is 0 Å². The number of rotatable bonds is 12. The molecule has 7 aromatic rings. The summed E-state index contributed by atoms with van der Waals surface area (Å²) in [5.74, 6) is 2.09. The lowest BCUT2D eigenvalue weighted by Gasteiger charge is -2.36. The highest BCUT2D eigenvalue weighted by Crippen LogP contribution is 2.43. The summed E-state index contributed by atoms with van der Waals surface area (Å²) in [7, 11) is 0. The van der Waals surface area contributed by atoms with Crippen molar-refractivity contribution in [1.82, 2.24) is 30.2 Å². The Morgan fingerprint density at radius 3 is 1.84 bits per heavy atom. The molecule has 0 atom stereocenters. The number of tetrazole rings is 1. The largest absolute Gasteiger partial charge is 0.391 e. The molecular formula is C41H37N7O. The molecule has 0 aliphatic heterocycles. The molecule has 2 heterocycles. The lowest BCUT2D eigenvalue weighted by molar-refractivity contribution is 0.281. The molecule has 0 amide bonds. The molecule has 0 saturated carbocycles. The van der Waals surface area contributed by atoms with E-state index in [1.54, 1.807) is 6.20 Å². The van der Waals surface area contributed by atoms with Gasteiger partial charge in [-0.15, -0.1) is 5.10 Å². The quantitative estimate of drug-likeness (QED) is 0.132. The first-order valence-corrected chi connectivity index (χ1v) is 16.6. The van der Waals surface area contributed by atoms with Gasteiger partial charge in [0.25, 0.3) is 0 Å². The van der Waals surface area contributed by atoms with E-state index in [0.29, 0.717) is 23.8 Å². The molecule has 0 aliphatic carbocycles. The number of nitrogens with zero attached hydrogens (tertiary/aromatic N) is 6. The molecule has 0 saturated heterocycles. The van der Waals surface area contributed by atoms with Crippen molar-refractivity contribution in [2.75, 3.05) is 5.32 Å². The molecule has 0 spiro atoms. The molecule has 8 heteroatoms. The minimum atomic E-state index is -0.851. The fraction of sp³-hybridized carbons (Fsp3) is 0.146. The number of hydrogen-bond donors (Lipinski definition) is 2. The van der Waals surface area contributed by atoms with Crippen molar-refractivity contribution in [2.24, 2.45) is 0 Å². The van der Waals surface area contributed by atoms with Crippen LogP contribution in [-0.2, 0) is 25.1 Å². The zero-order valence-electron chi connectivity index (χ0n) is 27.3. The lowest BCUT2D eigenvalue weighted by Crippen LogP contribution is -2.39. The second-order valence-electron chi connectivity index (χ2n) is 11.9. The van der Waals surface area contributed by atoms with E-state index in [0.717, 1.165) is 57.6 Å². The summed E-state index contributed by atoms with van der Waals surface area (Å²) in [6.07, 6.45) is 3.45. The van der Waals surface area contributed by atoms with Gasteiger partial charge in [0.2, 0.25) is 0 Å². The fourth-order valence-corrected chi connectivity index (χ4v) is 6.46. The lowest BCUT2D eigenvalue weighted by atomic mass is 9.77. The van der Waals surface area contributed by atoms with Crippen molar-refractivity contribution >= 4 is 5.82 Å². The van der Waals surface area contributed by atoms with Crippen LogP contribution >= 0.6 is 0 Å². The van der Waals surface area contributed by atoms with Crippen LogP contribution in [0.15, 0.2) is 146 Å². The molecule has 2 aromatic heterocycles. The second kappa shape index (κ2) is 14.4. The smallest absolute Gasteiger partial charge is 0.184 e. The van der Waals surface area contributed by atoms with Crippen molar-refractivity contribution in [2.45, 2.75) is 38.5 Å². The summed E-state index contributed by atoms with van der Waals surface area (Å²) in [4.78, 5) is 9.02. The molecule has 5 aromatic carbocycles. The Balaban J connectivity index is 1.29. The molecule has 8 nitrogen and oxygen atoms in total. The molecule has 0 unspecified atom stereocenters. The predicted octanol–water partition coefficient (Wildman–Crippen LogP) is 7.69. The van der Waals surface area contributed by atoms with Gasteiger partial charge in [-0.2, -0.15) is 0 Å². The van der Waals surface area contributed by atoms with Crippen LogP contribution in [0, 0.1) is 0 Å². The molecule has 0 bridgehead atoms. The summed E-state index contributed by atoms with van der Waals surface area (Å²) < 4.78 is 1.97. The van der Waals surface area contributed by atoms with Gasteiger partial charge in [0.05, 0.1) is 6.61 Å². The van der Waals surface area contributed by atoms with Gasteiger partial charge >= 0.3 is 0 Å². The Bertz CT molecular complexity index is 2020. The number of aliphatic hydroxyl groups is 1. The van der Waals surface area contributed by atoms with Gasteiger partial charge in [0.1, 0.15) is 17.2 Å². The third kappa shape index (κ3) is 6.22. The van der Waals surface area contributed by atoms with Crippen LogP contribution in [-0.4, -0.2) is 35.3 Å². The van der Waals surface area contributed by atoms with Crippen LogP contribution < -0.4 is 5.32 Å². The second-order valence-corrected chi connectivity index (χ2v) is 11.9. The van der Waals surface area contributed by atoms with Gasteiger partial charge in [-0.05, 0) is 50.2 Å². The highest BCUT2D eigenvalue weighted by atomic mass is 16.3. The Hall–Kier alpha value is -5.99. The molecule has 7 rings (SSSR count). The Kier molecular flexibility index (Phi) is 9.30. The van der Waals surface area contributed by atoms with E-state index in [9.17, 15) is 5.11 Å². The standard InChI is InChI=1S/C41H37N7O/c1-2-14-38-42-28-32(29-49)39(44-38)43-27-30-23-25-31(26-24-30)36-21-12-13-22-37(36)40-45-46-47-48(40)41(33-15-6-3-7-16-33,34-17-8-4-9-18-34)35-19-10-5-11-20-35/h3-13,15-26,28,49H,2,14,27,29H2,1H3,(H,42,43,44). The zero-order chi connectivity index (χ0) is 33.5. The molecular weight excluding hydrogens is 606 g/mol. The normalized spacial score (nSPS) is 11.4. The summed E-state index contributed by atoms with van der Waals surface area (Å²) in [6.45, 7) is 2.54. The van der Waals surface area contributed by atoms with Gasteiger partial charge in [0.15, 0.2) is 5.82 Å². The number of benzene rings is 5. The first-order valence-electron chi connectivity index (χ1n) is 16.6. The van der Waals surface area contributed by atoms with E-state index in [-0.39, 0.29) is 6.61 Å². The van der Waals surface area contributed by atoms with E-state index in [1.165, 1.54) is 0 Å². The molecule has 242 valence electrons. The topological polar surface area (TPSA) is 102 Å². The monoisotopic (exact) mass is 643 g/mol. The molecule has 2 N–H and O–H groups in total. The maximum atomic E-state index is 9.83. The van der Waals surface area contributed by atoms with Crippen LogP contribution in [0.4, 0.5) is 5.82 Å². The van der Waals surface area contributed by atoms with Gasteiger partial charge in [0, 0.05) is 30.3 Å². The fourth-order valence-electron chi connectivity index (χ4n) is 6.46. The highest BCUT2D eigenvalue weighted by molar-refractivity contribution is 5.81. The number of aliphatic hydroxyl groups excluding tert-OH is 1. The van der Waals surface area contributed by atoms with Gasteiger partial charge in [-0.3, -0.25) is 0 Å². The average Bonchev–Trinajstić information content (AvgIpc) is 3.66.